The highest BCUT2D eigenvalue weighted by Gasteiger charge is 1.98. The molecule has 0 aliphatic heterocycles. The average molecular weight is 175 g/mol. The van der Waals surface area contributed by atoms with Crippen molar-refractivity contribution in [3.63, 3.8) is 0 Å². The van der Waals surface area contributed by atoms with Gasteiger partial charge in [0.25, 0.3) is 5.88 Å². The van der Waals surface area contributed by atoms with E-state index in [1.807, 2.05) is 16.8 Å². The zero-order chi connectivity index (χ0) is 7.40. The Labute approximate surface area is 66.2 Å². The zero-order valence-electron chi connectivity index (χ0n) is 5.02. The van der Waals surface area contributed by atoms with E-state index in [2.05, 4.69) is 0 Å². The van der Waals surface area contributed by atoms with Crippen LogP contribution in [0.2, 0.25) is 0 Å². The fourth-order valence-corrected chi connectivity index (χ4v) is 1.92. The SMILES string of the molecule is O=[N+]([O-])CSc1ccsc1. The lowest BCUT2D eigenvalue weighted by Gasteiger charge is -1.88. The molecule has 0 saturated heterocycles. The Morgan fingerprint density at radius 2 is 2.60 bits per heavy atom. The quantitative estimate of drug-likeness (QED) is 0.306. The lowest BCUT2D eigenvalue weighted by Crippen LogP contribution is -1.93. The first kappa shape index (κ1) is 7.56. The standard InChI is InChI=1S/C5H5NO2S2/c7-6(8)4-10-5-1-2-9-3-5/h1-3H,4H2. The van der Waals surface area contributed by atoms with Crippen LogP contribution in [0, 0.1) is 10.1 Å². The second kappa shape index (κ2) is 3.58. The molecule has 5 heteroatoms. The second-order valence-corrected chi connectivity index (χ2v) is 3.36. The minimum absolute atomic E-state index is 0.0449. The summed E-state index contributed by atoms with van der Waals surface area (Å²) in [6.45, 7) is 0. The third kappa shape index (κ3) is 2.36. The lowest BCUT2D eigenvalue weighted by atomic mass is 10.7. The number of hydrogen-bond acceptors (Lipinski definition) is 4. The van der Waals surface area contributed by atoms with E-state index >= 15 is 0 Å². The highest BCUT2D eigenvalue weighted by atomic mass is 32.2. The maximum atomic E-state index is 9.88. The van der Waals surface area contributed by atoms with Gasteiger partial charge in [-0.25, -0.2) is 0 Å². The summed E-state index contributed by atoms with van der Waals surface area (Å²) in [5.41, 5.74) is 0. The molecule has 0 bridgehead atoms. The number of thiophene rings is 1. The molecule has 0 fully saturated rings. The molecule has 0 N–H and O–H groups in total. The highest BCUT2D eigenvalue weighted by Crippen LogP contribution is 2.19. The van der Waals surface area contributed by atoms with Gasteiger partial charge < -0.3 is 0 Å². The maximum absolute atomic E-state index is 9.88. The zero-order valence-corrected chi connectivity index (χ0v) is 6.65. The fraction of sp³-hybridized carbons (Fsp3) is 0.200. The summed E-state index contributed by atoms with van der Waals surface area (Å²) in [6, 6.07) is 1.87. The third-order valence-electron chi connectivity index (χ3n) is 0.832. The molecule has 0 radical (unpaired) electrons. The Bertz CT molecular complexity index is 209. The maximum Gasteiger partial charge on any atom is 0.253 e. The summed E-state index contributed by atoms with van der Waals surface area (Å²) in [7, 11) is 0. The molecule has 1 aromatic heterocycles. The van der Waals surface area contributed by atoms with Crippen LogP contribution in [0.1, 0.15) is 0 Å². The van der Waals surface area contributed by atoms with Crippen molar-refractivity contribution < 1.29 is 4.92 Å². The van der Waals surface area contributed by atoms with Crippen molar-refractivity contribution in [3.05, 3.63) is 26.9 Å². The molecule has 0 saturated carbocycles. The molecular formula is C5H5NO2S2. The number of rotatable bonds is 3. The van der Waals surface area contributed by atoms with Crippen molar-refractivity contribution in [2.75, 3.05) is 5.88 Å². The van der Waals surface area contributed by atoms with Gasteiger partial charge in [-0.3, -0.25) is 10.1 Å². The molecule has 0 aromatic carbocycles. The van der Waals surface area contributed by atoms with Gasteiger partial charge in [0.05, 0.1) is 0 Å². The largest absolute Gasteiger partial charge is 0.264 e. The topological polar surface area (TPSA) is 43.1 Å². The Kier molecular flexibility index (Phi) is 2.70. The van der Waals surface area contributed by atoms with Gasteiger partial charge in [0.2, 0.25) is 0 Å². The van der Waals surface area contributed by atoms with Crippen molar-refractivity contribution in [1.29, 1.82) is 0 Å². The smallest absolute Gasteiger partial charge is 0.253 e. The predicted octanol–water partition coefficient (Wildman–Crippen LogP) is 2.07. The number of nitrogens with zero attached hydrogens (tertiary/aromatic N) is 1. The van der Waals surface area contributed by atoms with Gasteiger partial charge in [-0.2, -0.15) is 11.3 Å². The van der Waals surface area contributed by atoms with Crippen LogP contribution in [0.4, 0.5) is 0 Å². The first-order chi connectivity index (χ1) is 4.79. The van der Waals surface area contributed by atoms with E-state index in [-0.39, 0.29) is 10.8 Å². The van der Waals surface area contributed by atoms with Crippen LogP contribution < -0.4 is 0 Å². The lowest BCUT2D eigenvalue weighted by molar-refractivity contribution is -0.456. The summed E-state index contributed by atoms with van der Waals surface area (Å²) in [5.74, 6) is -0.0449. The van der Waals surface area contributed by atoms with E-state index in [4.69, 9.17) is 0 Å². The summed E-state index contributed by atoms with van der Waals surface area (Å²) in [6.07, 6.45) is 0. The van der Waals surface area contributed by atoms with Crippen LogP contribution in [-0.4, -0.2) is 10.8 Å². The Morgan fingerprint density at radius 3 is 3.10 bits per heavy atom. The van der Waals surface area contributed by atoms with E-state index < -0.39 is 0 Å². The molecule has 0 spiro atoms. The van der Waals surface area contributed by atoms with Crippen LogP contribution in [0.3, 0.4) is 0 Å². The molecule has 0 amide bonds. The predicted molar refractivity (Wildman–Crippen MR) is 42.0 cm³/mol. The molecule has 1 heterocycles. The van der Waals surface area contributed by atoms with Gasteiger partial charge >= 0.3 is 0 Å². The normalized spacial score (nSPS) is 9.60. The van der Waals surface area contributed by atoms with Crippen molar-refractivity contribution in [3.8, 4) is 0 Å². The molecule has 54 valence electrons. The van der Waals surface area contributed by atoms with Crippen molar-refractivity contribution in [1.82, 2.24) is 0 Å². The molecule has 0 aliphatic carbocycles. The van der Waals surface area contributed by atoms with Crippen LogP contribution in [-0.2, 0) is 0 Å². The molecule has 0 unspecified atom stereocenters. The van der Waals surface area contributed by atoms with Gasteiger partial charge in [0.1, 0.15) is 0 Å². The van der Waals surface area contributed by atoms with Crippen molar-refractivity contribution in [2.24, 2.45) is 0 Å². The number of thioether (sulfide) groups is 1. The van der Waals surface area contributed by atoms with Gasteiger partial charge in [-0.1, -0.05) is 0 Å². The number of nitro groups is 1. The van der Waals surface area contributed by atoms with Crippen LogP contribution in [0.15, 0.2) is 21.7 Å². The first-order valence-electron chi connectivity index (χ1n) is 2.56. The third-order valence-corrected chi connectivity index (χ3v) is 2.59. The Balaban J connectivity index is 2.35. The molecule has 0 aliphatic rings. The molecule has 1 aromatic rings. The van der Waals surface area contributed by atoms with E-state index in [1.54, 1.807) is 11.3 Å². The van der Waals surface area contributed by atoms with Crippen LogP contribution >= 0.6 is 23.1 Å². The highest BCUT2D eigenvalue weighted by molar-refractivity contribution is 7.99. The Morgan fingerprint density at radius 1 is 1.80 bits per heavy atom. The minimum Gasteiger partial charge on any atom is -0.264 e. The van der Waals surface area contributed by atoms with Crippen molar-refractivity contribution >= 4 is 23.1 Å². The average Bonchev–Trinajstić information content (AvgIpc) is 2.34. The summed E-state index contributed by atoms with van der Waals surface area (Å²) >= 11 is 2.79. The summed E-state index contributed by atoms with van der Waals surface area (Å²) < 4.78 is 0. The van der Waals surface area contributed by atoms with Crippen LogP contribution in [0.5, 0.6) is 0 Å². The molecular weight excluding hydrogens is 170 g/mol. The van der Waals surface area contributed by atoms with E-state index in [1.165, 1.54) is 11.8 Å². The molecule has 3 nitrogen and oxygen atoms in total. The van der Waals surface area contributed by atoms with Gasteiger partial charge in [-0.05, 0) is 23.2 Å². The van der Waals surface area contributed by atoms with Gasteiger partial charge in [0, 0.05) is 15.2 Å². The van der Waals surface area contributed by atoms with Gasteiger partial charge in [-0.15, -0.1) is 0 Å². The molecule has 1 rings (SSSR count). The molecule has 10 heavy (non-hydrogen) atoms. The Hall–Kier alpha value is -0.550. The molecule has 0 atom stereocenters. The van der Waals surface area contributed by atoms with Gasteiger partial charge in [0.15, 0.2) is 0 Å². The monoisotopic (exact) mass is 175 g/mol. The minimum atomic E-state index is -0.331. The second-order valence-electron chi connectivity index (χ2n) is 1.57. The van der Waals surface area contributed by atoms with Crippen molar-refractivity contribution in [2.45, 2.75) is 4.90 Å². The first-order valence-corrected chi connectivity index (χ1v) is 4.48. The van der Waals surface area contributed by atoms with E-state index in [0.717, 1.165) is 4.90 Å². The van der Waals surface area contributed by atoms with Crippen LogP contribution in [0.25, 0.3) is 0 Å². The summed E-state index contributed by atoms with van der Waals surface area (Å²) in [4.78, 5) is 10.5. The van der Waals surface area contributed by atoms with E-state index in [0.29, 0.717) is 0 Å². The fourth-order valence-electron chi connectivity index (χ4n) is 0.461. The number of hydrogen-bond donors (Lipinski definition) is 0. The van der Waals surface area contributed by atoms with E-state index in [9.17, 15) is 10.1 Å². The summed E-state index contributed by atoms with van der Waals surface area (Å²) in [5, 5.41) is 13.7.